The van der Waals surface area contributed by atoms with Gasteiger partial charge >= 0.3 is 6.09 Å². The van der Waals surface area contributed by atoms with E-state index in [0.717, 1.165) is 27.6 Å². The number of carbonyl (C=O) groups is 1. The van der Waals surface area contributed by atoms with Gasteiger partial charge in [0.25, 0.3) is 0 Å². The number of ether oxygens (including phenoxy) is 2. The number of fused-ring (bicyclic) bond motifs is 2. The molecule has 168 valence electrons. The SMILES string of the molecule is C=COc1ccc2c(-c3ccc(NC(=O)OC(C)(C)C)cc3C)c3ccc(=O)cc-3oc2c1. The number of amides is 1. The fraction of sp³-hybridized carbons (Fsp3) is 0.185. The van der Waals surface area contributed by atoms with Crippen LogP contribution in [0, 0.1) is 6.92 Å². The van der Waals surface area contributed by atoms with Gasteiger partial charge in [-0.05, 0) is 75.2 Å². The minimum Gasteiger partial charge on any atom is -0.465 e. The van der Waals surface area contributed by atoms with E-state index in [9.17, 15) is 9.59 Å². The predicted octanol–water partition coefficient (Wildman–Crippen LogP) is 6.74. The van der Waals surface area contributed by atoms with E-state index in [-0.39, 0.29) is 5.43 Å². The summed E-state index contributed by atoms with van der Waals surface area (Å²) >= 11 is 0. The zero-order valence-corrected chi connectivity index (χ0v) is 19.0. The van der Waals surface area contributed by atoms with Gasteiger partial charge in [0.2, 0.25) is 0 Å². The van der Waals surface area contributed by atoms with Crippen molar-refractivity contribution < 1.29 is 18.7 Å². The van der Waals surface area contributed by atoms with Crippen molar-refractivity contribution in [1.82, 2.24) is 0 Å². The maximum absolute atomic E-state index is 12.2. The largest absolute Gasteiger partial charge is 0.465 e. The smallest absolute Gasteiger partial charge is 0.412 e. The van der Waals surface area contributed by atoms with Crippen LogP contribution >= 0.6 is 0 Å². The minimum atomic E-state index is -0.584. The molecule has 33 heavy (non-hydrogen) atoms. The highest BCUT2D eigenvalue weighted by atomic mass is 16.6. The number of aryl methyl sites for hydroxylation is 1. The van der Waals surface area contributed by atoms with Crippen molar-refractivity contribution in [3.63, 3.8) is 0 Å². The first-order valence-electron chi connectivity index (χ1n) is 10.5. The van der Waals surface area contributed by atoms with Crippen molar-refractivity contribution in [3.8, 4) is 28.2 Å². The maximum atomic E-state index is 12.2. The molecule has 0 saturated heterocycles. The van der Waals surface area contributed by atoms with Crippen LogP contribution in [-0.4, -0.2) is 11.7 Å². The lowest BCUT2D eigenvalue weighted by molar-refractivity contribution is 0.0636. The average Bonchev–Trinajstić information content (AvgIpc) is 2.71. The summed E-state index contributed by atoms with van der Waals surface area (Å²) in [6, 6.07) is 16.0. The van der Waals surface area contributed by atoms with Crippen molar-refractivity contribution in [2.45, 2.75) is 33.3 Å². The zero-order valence-electron chi connectivity index (χ0n) is 19.0. The van der Waals surface area contributed by atoms with Crippen molar-refractivity contribution in [3.05, 3.63) is 83.2 Å². The van der Waals surface area contributed by atoms with Crippen molar-refractivity contribution in [2.24, 2.45) is 0 Å². The Morgan fingerprint density at radius 1 is 1.03 bits per heavy atom. The maximum Gasteiger partial charge on any atom is 0.412 e. The topological polar surface area (TPSA) is 77.8 Å². The summed E-state index contributed by atoms with van der Waals surface area (Å²) in [4.78, 5) is 24.2. The number of benzene rings is 3. The van der Waals surface area contributed by atoms with E-state index in [1.165, 1.54) is 18.4 Å². The lowest BCUT2D eigenvalue weighted by Crippen LogP contribution is -2.27. The van der Waals surface area contributed by atoms with E-state index in [1.54, 1.807) is 12.1 Å². The highest BCUT2D eigenvalue weighted by molar-refractivity contribution is 6.03. The lowest BCUT2D eigenvalue weighted by atomic mass is 9.91. The molecule has 0 spiro atoms. The predicted molar refractivity (Wildman–Crippen MR) is 130 cm³/mol. The van der Waals surface area contributed by atoms with E-state index in [0.29, 0.717) is 22.8 Å². The van der Waals surface area contributed by atoms with E-state index >= 15 is 0 Å². The molecule has 1 aliphatic heterocycles. The molecule has 6 heteroatoms. The van der Waals surface area contributed by atoms with Crippen LogP contribution in [0.1, 0.15) is 26.3 Å². The highest BCUT2D eigenvalue weighted by Gasteiger charge is 2.20. The van der Waals surface area contributed by atoms with Gasteiger partial charge in [-0.3, -0.25) is 10.1 Å². The lowest BCUT2D eigenvalue weighted by Gasteiger charge is -2.20. The first kappa shape index (κ1) is 22.1. The second-order valence-electron chi connectivity index (χ2n) is 8.73. The molecule has 1 N–H and O–H groups in total. The van der Waals surface area contributed by atoms with Crippen LogP contribution in [0.5, 0.6) is 5.75 Å². The summed E-state index contributed by atoms with van der Waals surface area (Å²) in [7, 11) is 0. The number of hydrogen-bond donors (Lipinski definition) is 1. The standard InChI is InChI=1S/C27H25NO5/c1-6-31-19-9-12-22-24(15-19)32-23-14-18(29)8-11-21(23)25(22)20-10-7-17(13-16(20)2)28-26(30)33-27(3,4)5/h6-15H,1H2,2-5H3,(H,28,30). The highest BCUT2D eigenvalue weighted by Crippen LogP contribution is 2.42. The monoisotopic (exact) mass is 443 g/mol. The van der Waals surface area contributed by atoms with Gasteiger partial charge in [-0.25, -0.2) is 4.79 Å². The zero-order chi connectivity index (χ0) is 23.8. The molecular weight excluding hydrogens is 418 g/mol. The fourth-order valence-electron chi connectivity index (χ4n) is 3.75. The summed E-state index contributed by atoms with van der Waals surface area (Å²) in [5.41, 5.74) is 4.12. The van der Waals surface area contributed by atoms with Gasteiger partial charge in [0, 0.05) is 34.3 Å². The third-order valence-corrected chi connectivity index (χ3v) is 5.03. The molecule has 0 aromatic heterocycles. The van der Waals surface area contributed by atoms with Crippen LogP contribution in [0.3, 0.4) is 0 Å². The first-order valence-corrected chi connectivity index (χ1v) is 10.5. The summed E-state index contributed by atoms with van der Waals surface area (Å²) in [6.07, 6.45) is 0.834. The minimum absolute atomic E-state index is 0.135. The molecule has 2 aromatic rings. The van der Waals surface area contributed by atoms with E-state index < -0.39 is 11.7 Å². The number of hydrogen-bond acceptors (Lipinski definition) is 5. The number of anilines is 1. The number of rotatable bonds is 4. The van der Waals surface area contributed by atoms with E-state index in [4.69, 9.17) is 13.9 Å². The Hall–Kier alpha value is -4.06. The van der Waals surface area contributed by atoms with Gasteiger partial charge < -0.3 is 13.9 Å². The molecule has 2 aliphatic rings. The summed E-state index contributed by atoms with van der Waals surface area (Å²) < 4.78 is 16.8. The molecule has 4 rings (SSSR count). The van der Waals surface area contributed by atoms with Gasteiger partial charge in [0.1, 0.15) is 22.7 Å². The van der Waals surface area contributed by atoms with Gasteiger partial charge in [-0.1, -0.05) is 12.6 Å². The second-order valence-corrected chi connectivity index (χ2v) is 8.73. The van der Waals surface area contributed by atoms with Gasteiger partial charge in [-0.2, -0.15) is 0 Å². The normalized spacial score (nSPS) is 11.4. The third kappa shape index (κ3) is 4.75. The summed E-state index contributed by atoms with van der Waals surface area (Å²) in [5.74, 6) is 1.06. The molecule has 0 atom stereocenters. The molecule has 1 amide bonds. The molecule has 0 bridgehead atoms. The Balaban J connectivity index is 1.85. The van der Waals surface area contributed by atoms with Gasteiger partial charge in [0.05, 0.1) is 6.26 Å². The molecular formula is C27H25NO5. The molecule has 0 radical (unpaired) electrons. The van der Waals surface area contributed by atoms with Gasteiger partial charge in [0.15, 0.2) is 5.43 Å². The average molecular weight is 443 g/mol. The molecule has 6 nitrogen and oxygen atoms in total. The van der Waals surface area contributed by atoms with Crippen LogP contribution in [0.2, 0.25) is 0 Å². The Kier molecular flexibility index (Phi) is 5.68. The van der Waals surface area contributed by atoms with Gasteiger partial charge in [-0.15, -0.1) is 0 Å². The van der Waals surface area contributed by atoms with Crippen molar-refractivity contribution >= 4 is 22.7 Å². The fourth-order valence-corrected chi connectivity index (χ4v) is 3.75. The molecule has 1 aliphatic carbocycles. The van der Waals surface area contributed by atoms with Crippen LogP contribution in [-0.2, 0) is 4.74 Å². The Bertz CT molecular complexity index is 1390. The second kappa shape index (κ2) is 8.47. The summed E-state index contributed by atoms with van der Waals surface area (Å²) in [5, 5.41) is 3.64. The third-order valence-electron chi connectivity index (χ3n) is 5.03. The Morgan fingerprint density at radius 2 is 1.79 bits per heavy atom. The molecule has 0 saturated carbocycles. The van der Waals surface area contributed by atoms with Crippen LogP contribution in [0.15, 0.2) is 76.7 Å². The molecule has 2 aromatic carbocycles. The van der Waals surface area contributed by atoms with Crippen molar-refractivity contribution in [1.29, 1.82) is 0 Å². The summed E-state index contributed by atoms with van der Waals surface area (Å²) in [6.45, 7) is 11.0. The van der Waals surface area contributed by atoms with Crippen LogP contribution in [0.4, 0.5) is 10.5 Å². The molecule has 0 unspecified atom stereocenters. The molecule has 1 heterocycles. The Morgan fingerprint density at radius 3 is 2.48 bits per heavy atom. The number of carbonyl (C=O) groups excluding carboxylic acids is 1. The quantitative estimate of drug-likeness (QED) is 0.279. The van der Waals surface area contributed by atoms with Crippen molar-refractivity contribution in [2.75, 3.05) is 5.32 Å². The molecule has 0 fully saturated rings. The van der Waals surface area contributed by atoms with Crippen LogP contribution in [0.25, 0.3) is 33.4 Å². The van der Waals surface area contributed by atoms with Crippen LogP contribution < -0.4 is 15.5 Å². The Labute approximate surface area is 191 Å². The van der Waals surface area contributed by atoms with E-state index in [2.05, 4.69) is 11.9 Å². The first-order chi connectivity index (χ1) is 15.6. The van der Waals surface area contributed by atoms with E-state index in [1.807, 2.05) is 58.0 Å². The number of nitrogens with one attached hydrogen (secondary N) is 1.